The number of thioether (sulfide) groups is 1. The third-order valence-corrected chi connectivity index (χ3v) is 6.18. The van der Waals surface area contributed by atoms with Crippen molar-refractivity contribution < 1.29 is 9.59 Å². The first-order chi connectivity index (χ1) is 14.3. The monoisotopic (exact) mass is 444 g/mol. The summed E-state index contributed by atoms with van der Waals surface area (Å²) in [7, 11) is 1.84. The number of rotatable bonds is 8. The van der Waals surface area contributed by atoms with Gasteiger partial charge in [-0.25, -0.2) is 4.98 Å². The number of anilines is 1. The molecule has 0 unspecified atom stereocenters. The molecule has 0 aliphatic carbocycles. The quantitative estimate of drug-likeness (QED) is 0.516. The highest BCUT2D eigenvalue weighted by molar-refractivity contribution is 7.99. The fourth-order valence-corrected chi connectivity index (χ4v) is 4.16. The van der Waals surface area contributed by atoms with E-state index >= 15 is 0 Å². The van der Waals surface area contributed by atoms with Crippen LogP contribution in [0.2, 0.25) is 0 Å². The van der Waals surface area contributed by atoms with E-state index in [-0.39, 0.29) is 29.5 Å². The van der Waals surface area contributed by atoms with Crippen LogP contribution in [-0.4, -0.2) is 37.3 Å². The lowest BCUT2D eigenvalue weighted by Crippen LogP contribution is -2.33. The number of amides is 2. The first kappa shape index (κ1) is 22.0. The van der Waals surface area contributed by atoms with E-state index in [1.165, 1.54) is 23.1 Å². The average Bonchev–Trinajstić information content (AvgIpc) is 3.30. The molecule has 3 aromatic rings. The fraction of sp³-hybridized carbons (Fsp3) is 0.350. The van der Waals surface area contributed by atoms with Crippen molar-refractivity contribution in [3.05, 3.63) is 52.8 Å². The molecule has 0 aliphatic heterocycles. The van der Waals surface area contributed by atoms with E-state index in [1.54, 1.807) is 18.3 Å². The Morgan fingerprint density at radius 3 is 2.57 bits per heavy atom. The molecule has 0 spiro atoms. The predicted molar refractivity (Wildman–Crippen MR) is 119 cm³/mol. The molecule has 0 fully saturated rings. The molecule has 1 aromatic carbocycles. The standard InChI is InChI=1S/C20H24N6O2S2/c1-12(2)16(23-18(28)14-8-6-5-7-9-14)17-24-25-20(26(17)4)29-11-15(27)22-19-21-10-13(3)30-19/h5-10,12,16H,11H2,1-4H3,(H,23,28)(H,21,22,27)/t16-/m1/s1. The van der Waals surface area contributed by atoms with Crippen molar-refractivity contribution in [3.63, 3.8) is 0 Å². The molecular formula is C20H24N6O2S2. The SMILES string of the molecule is Cc1cnc(NC(=O)CSc2nnc([C@H](NC(=O)c3ccccc3)C(C)C)n2C)s1. The molecule has 0 radical (unpaired) electrons. The van der Waals surface area contributed by atoms with E-state index in [9.17, 15) is 9.59 Å². The summed E-state index contributed by atoms with van der Waals surface area (Å²) in [5, 5.41) is 15.5. The van der Waals surface area contributed by atoms with Gasteiger partial charge in [0.15, 0.2) is 16.1 Å². The second-order valence-electron chi connectivity index (χ2n) is 7.07. The Balaban J connectivity index is 1.65. The molecule has 2 heterocycles. The largest absolute Gasteiger partial charge is 0.342 e. The number of carbonyl (C=O) groups excluding carboxylic acids is 2. The molecule has 8 nitrogen and oxygen atoms in total. The predicted octanol–water partition coefficient (Wildman–Crippen LogP) is 3.44. The van der Waals surface area contributed by atoms with Gasteiger partial charge < -0.3 is 15.2 Å². The van der Waals surface area contributed by atoms with Crippen molar-refractivity contribution in [1.29, 1.82) is 0 Å². The maximum absolute atomic E-state index is 12.6. The number of nitrogens with one attached hydrogen (secondary N) is 2. The topological polar surface area (TPSA) is 102 Å². The summed E-state index contributed by atoms with van der Waals surface area (Å²) in [4.78, 5) is 30.0. The van der Waals surface area contributed by atoms with Gasteiger partial charge in [-0.3, -0.25) is 9.59 Å². The number of carbonyl (C=O) groups is 2. The maximum Gasteiger partial charge on any atom is 0.251 e. The zero-order valence-electron chi connectivity index (χ0n) is 17.2. The zero-order valence-corrected chi connectivity index (χ0v) is 18.9. The van der Waals surface area contributed by atoms with Crippen LogP contribution in [-0.2, 0) is 11.8 Å². The number of hydrogen-bond donors (Lipinski definition) is 2. The minimum absolute atomic E-state index is 0.106. The van der Waals surface area contributed by atoms with Crippen LogP contribution in [0.15, 0.2) is 41.7 Å². The number of hydrogen-bond acceptors (Lipinski definition) is 7. The van der Waals surface area contributed by atoms with Gasteiger partial charge >= 0.3 is 0 Å². The summed E-state index contributed by atoms with van der Waals surface area (Å²) in [6.45, 7) is 5.96. The first-order valence-corrected chi connectivity index (χ1v) is 11.3. The highest BCUT2D eigenvalue weighted by atomic mass is 32.2. The lowest BCUT2D eigenvalue weighted by Gasteiger charge is -2.21. The van der Waals surface area contributed by atoms with Crippen LogP contribution in [0.25, 0.3) is 0 Å². The van der Waals surface area contributed by atoms with Crippen LogP contribution < -0.4 is 10.6 Å². The van der Waals surface area contributed by atoms with E-state index in [2.05, 4.69) is 25.8 Å². The van der Waals surface area contributed by atoms with Crippen LogP contribution in [0, 0.1) is 12.8 Å². The molecule has 0 saturated heterocycles. The van der Waals surface area contributed by atoms with Crippen molar-refractivity contribution in [2.45, 2.75) is 32.0 Å². The van der Waals surface area contributed by atoms with Crippen molar-refractivity contribution >= 4 is 40.0 Å². The van der Waals surface area contributed by atoms with Gasteiger partial charge in [0.25, 0.3) is 5.91 Å². The van der Waals surface area contributed by atoms with Crippen molar-refractivity contribution in [2.75, 3.05) is 11.1 Å². The average molecular weight is 445 g/mol. The van der Waals surface area contributed by atoms with Gasteiger partial charge in [-0.1, -0.05) is 43.8 Å². The molecule has 10 heteroatoms. The van der Waals surface area contributed by atoms with Crippen molar-refractivity contribution in [1.82, 2.24) is 25.1 Å². The highest BCUT2D eigenvalue weighted by Crippen LogP contribution is 2.25. The summed E-state index contributed by atoms with van der Waals surface area (Å²) < 4.78 is 1.82. The highest BCUT2D eigenvalue weighted by Gasteiger charge is 2.25. The molecule has 1 atom stereocenters. The van der Waals surface area contributed by atoms with Crippen LogP contribution in [0.3, 0.4) is 0 Å². The van der Waals surface area contributed by atoms with Gasteiger partial charge in [0.05, 0.1) is 11.8 Å². The second-order valence-corrected chi connectivity index (χ2v) is 9.25. The smallest absolute Gasteiger partial charge is 0.251 e. The Hall–Kier alpha value is -2.72. The molecule has 158 valence electrons. The van der Waals surface area contributed by atoms with Crippen LogP contribution in [0.1, 0.15) is 40.9 Å². The lowest BCUT2D eigenvalue weighted by molar-refractivity contribution is -0.113. The van der Waals surface area contributed by atoms with Crippen molar-refractivity contribution in [3.8, 4) is 0 Å². The summed E-state index contributed by atoms with van der Waals surface area (Å²) >= 11 is 2.72. The second kappa shape index (κ2) is 9.86. The molecule has 2 aromatic heterocycles. The van der Waals surface area contributed by atoms with Crippen molar-refractivity contribution in [2.24, 2.45) is 13.0 Å². The summed E-state index contributed by atoms with van der Waals surface area (Å²) in [6.07, 6.45) is 1.72. The third-order valence-electron chi connectivity index (χ3n) is 4.34. The summed E-state index contributed by atoms with van der Waals surface area (Å²) in [5.74, 6) is 0.622. The van der Waals surface area contributed by atoms with Gasteiger partial charge in [-0.15, -0.1) is 21.5 Å². The number of aromatic nitrogens is 4. The molecule has 30 heavy (non-hydrogen) atoms. The normalized spacial score (nSPS) is 12.0. The van der Waals surface area contributed by atoms with E-state index in [4.69, 9.17) is 0 Å². The van der Waals surface area contributed by atoms with Crippen LogP contribution in [0.5, 0.6) is 0 Å². The lowest BCUT2D eigenvalue weighted by atomic mass is 10.0. The zero-order chi connectivity index (χ0) is 21.7. The van der Waals surface area contributed by atoms with E-state index in [0.717, 1.165) is 4.88 Å². The Kier molecular flexibility index (Phi) is 7.22. The minimum atomic E-state index is -0.309. The van der Waals surface area contributed by atoms with Gasteiger partial charge in [-0.05, 0) is 25.0 Å². The fourth-order valence-electron chi connectivity index (χ4n) is 2.76. The molecule has 2 amide bonds. The maximum atomic E-state index is 12.6. The molecule has 3 rings (SSSR count). The minimum Gasteiger partial charge on any atom is -0.342 e. The van der Waals surface area contributed by atoms with Gasteiger partial charge in [0, 0.05) is 23.7 Å². The Morgan fingerprint density at radius 2 is 1.93 bits per heavy atom. The Labute approximate surface area is 183 Å². The third kappa shape index (κ3) is 5.45. The number of nitrogens with zero attached hydrogens (tertiary/aromatic N) is 4. The molecule has 0 saturated carbocycles. The number of aryl methyl sites for hydroxylation is 1. The van der Waals surface area contributed by atoms with Crippen LogP contribution in [0.4, 0.5) is 5.13 Å². The summed E-state index contributed by atoms with van der Waals surface area (Å²) in [5.41, 5.74) is 0.592. The van der Waals surface area contributed by atoms with Gasteiger partial charge in [-0.2, -0.15) is 0 Å². The van der Waals surface area contributed by atoms with Gasteiger partial charge in [0.1, 0.15) is 0 Å². The molecule has 0 bridgehead atoms. The molecule has 2 N–H and O–H groups in total. The molecular weight excluding hydrogens is 420 g/mol. The van der Waals surface area contributed by atoms with E-state index < -0.39 is 0 Å². The Morgan fingerprint density at radius 1 is 1.20 bits per heavy atom. The van der Waals surface area contributed by atoms with Crippen LogP contribution >= 0.6 is 23.1 Å². The molecule has 0 aliphatic rings. The van der Waals surface area contributed by atoms with E-state index in [1.807, 2.05) is 50.6 Å². The van der Waals surface area contributed by atoms with Gasteiger partial charge in [0.2, 0.25) is 5.91 Å². The Bertz CT molecular complexity index is 1020. The number of benzene rings is 1. The first-order valence-electron chi connectivity index (χ1n) is 9.45. The summed E-state index contributed by atoms with van der Waals surface area (Å²) in [6, 6.07) is 8.76. The number of thiazole rings is 1. The van der Waals surface area contributed by atoms with E-state index in [0.29, 0.717) is 21.7 Å².